The third kappa shape index (κ3) is 7.40. The number of ether oxygens (including phenoxy) is 1. The third-order valence-electron chi connectivity index (χ3n) is 5.62. The SMILES string of the molecule is CN=C(NCc1cc(Cl)ccc1OC(F)F)NC1CCN(C2CCCC2)CC1.I. The fourth-order valence-corrected chi connectivity index (χ4v) is 4.34. The molecule has 0 radical (unpaired) electrons. The first-order chi connectivity index (χ1) is 13.5. The molecule has 5 nitrogen and oxygen atoms in total. The summed E-state index contributed by atoms with van der Waals surface area (Å²) in [5, 5.41) is 7.11. The van der Waals surface area contributed by atoms with Gasteiger partial charge in [-0.25, -0.2) is 0 Å². The van der Waals surface area contributed by atoms with Gasteiger partial charge in [-0.1, -0.05) is 24.4 Å². The first kappa shape index (κ1) is 24.4. The zero-order valence-electron chi connectivity index (χ0n) is 16.7. The van der Waals surface area contributed by atoms with Crippen molar-refractivity contribution in [3.05, 3.63) is 28.8 Å². The molecule has 1 aromatic rings. The van der Waals surface area contributed by atoms with E-state index in [0.29, 0.717) is 29.1 Å². The summed E-state index contributed by atoms with van der Waals surface area (Å²) in [6.45, 7) is -0.356. The monoisotopic (exact) mass is 542 g/mol. The molecule has 1 aliphatic carbocycles. The van der Waals surface area contributed by atoms with Gasteiger partial charge < -0.3 is 20.3 Å². The van der Waals surface area contributed by atoms with Gasteiger partial charge in [0.15, 0.2) is 5.96 Å². The van der Waals surface area contributed by atoms with Crippen LogP contribution in [0.4, 0.5) is 8.78 Å². The average Bonchev–Trinajstić information content (AvgIpc) is 3.22. The quantitative estimate of drug-likeness (QED) is 0.313. The highest BCUT2D eigenvalue weighted by atomic mass is 127. The number of nitrogens with zero attached hydrogens (tertiary/aromatic N) is 2. The van der Waals surface area contributed by atoms with Crippen molar-refractivity contribution in [3.8, 4) is 5.75 Å². The topological polar surface area (TPSA) is 48.9 Å². The molecule has 164 valence electrons. The predicted molar refractivity (Wildman–Crippen MR) is 124 cm³/mol. The molecule has 0 atom stereocenters. The average molecular weight is 543 g/mol. The highest BCUT2D eigenvalue weighted by Crippen LogP contribution is 2.26. The Hall–Kier alpha value is -0.870. The Labute approximate surface area is 193 Å². The number of halogens is 4. The number of aliphatic imine (C=N–C) groups is 1. The van der Waals surface area contributed by atoms with E-state index in [1.807, 2.05) is 0 Å². The number of piperidine rings is 1. The molecular formula is C20H30ClF2IN4O. The second kappa shape index (κ2) is 12.1. The molecule has 0 bridgehead atoms. The zero-order valence-corrected chi connectivity index (χ0v) is 19.8. The minimum atomic E-state index is -2.87. The number of nitrogens with one attached hydrogen (secondary N) is 2. The van der Waals surface area contributed by atoms with Crippen LogP contribution in [-0.4, -0.2) is 49.7 Å². The first-order valence-corrected chi connectivity index (χ1v) is 10.4. The molecule has 3 rings (SSSR count). The van der Waals surface area contributed by atoms with Crippen LogP contribution in [0.25, 0.3) is 0 Å². The number of benzene rings is 1. The van der Waals surface area contributed by atoms with Gasteiger partial charge in [0.25, 0.3) is 0 Å². The predicted octanol–water partition coefficient (Wildman–Crippen LogP) is 4.63. The number of guanidine groups is 1. The van der Waals surface area contributed by atoms with E-state index in [9.17, 15) is 8.78 Å². The molecule has 0 amide bonds. The Kier molecular flexibility index (Phi) is 10.2. The third-order valence-corrected chi connectivity index (χ3v) is 5.86. The molecule has 1 saturated carbocycles. The second-order valence-electron chi connectivity index (χ2n) is 7.45. The number of alkyl halides is 2. The number of likely N-dealkylation sites (tertiary alicyclic amines) is 1. The summed E-state index contributed by atoms with van der Waals surface area (Å²) in [6, 6.07) is 5.75. The van der Waals surface area contributed by atoms with E-state index in [1.54, 1.807) is 13.1 Å². The highest BCUT2D eigenvalue weighted by molar-refractivity contribution is 14.0. The van der Waals surface area contributed by atoms with Crippen molar-refractivity contribution in [2.24, 2.45) is 4.99 Å². The van der Waals surface area contributed by atoms with Crippen LogP contribution in [0.2, 0.25) is 5.02 Å². The maximum Gasteiger partial charge on any atom is 0.387 e. The van der Waals surface area contributed by atoms with Crippen LogP contribution in [0.5, 0.6) is 5.75 Å². The number of hydrogen-bond acceptors (Lipinski definition) is 3. The van der Waals surface area contributed by atoms with Crippen molar-refractivity contribution in [2.75, 3.05) is 20.1 Å². The van der Waals surface area contributed by atoms with Crippen LogP contribution in [-0.2, 0) is 6.54 Å². The van der Waals surface area contributed by atoms with Gasteiger partial charge in [-0.15, -0.1) is 24.0 Å². The fourth-order valence-electron chi connectivity index (χ4n) is 4.14. The van der Waals surface area contributed by atoms with Crippen molar-refractivity contribution >= 4 is 41.5 Å². The zero-order chi connectivity index (χ0) is 19.9. The number of rotatable bonds is 6. The maximum absolute atomic E-state index is 12.6. The van der Waals surface area contributed by atoms with Crippen LogP contribution < -0.4 is 15.4 Å². The Morgan fingerprint density at radius 3 is 2.55 bits per heavy atom. The van der Waals surface area contributed by atoms with E-state index >= 15 is 0 Å². The van der Waals surface area contributed by atoms with E-state index in [4.69, 9.17) is 11.6 Å². The summed E-state index contributed by atoms with van der Waals surface area (Å²) >= 11 is 6.00. The lowest BCUT2D eigenvalue weighted by atomic mass is 10.0. The lowest BCUT2D eigenvalue weighted by Gasteiger charge is -2.36. The van der Waals surface area contributed by atoms with Gasteiger partial charge in [0, 0.05) is 49.4 Å². The molecule has 1 aliphatic heterocycles. The molecule has 1 heterocycles. The summed E-state index contributed by atoms with van der Waals surface area (Å²) in [5.74, 6) is 0.773. The Bertz CT molecular complexity index is 666. The smallest absolute Gasteiger partial charge is 0.387 e. The Balaban J connectivity index is 0.00000300. The number of hydrogen-bond donors (Lipinski definition) is 2. The minimum absolute atomic E-state index is 0. The van der Waals surface area contributed by atoms with Gasteiger partial charge >= 0.3 is 6.61 Å². The maximum atomic E-state index is 12.6. The Morgan fingerprint density at radius 1 is 1.24 bits per heavy atom. The van der Waals surface area contributed by atoms with Crippen LogP contribution in [0.1, 0.15) is 44.1 Å². The van der Waals surface area contributed by atoms with E-state index in [2.05, 4.69) is 25.3 Å². The largest absolute Gasteiger partial charge is 0.434 e. The van der Waals surface area contributed by atoms with Gasteiger partial charge in [0.05, 0.1) is 0 Å². The van der Waals surface area contributed by atoms with Gasteiger partial charge in [0.1, 0.15) is 5.75 Å². The second-order valence-corrected chi connectivity index (χ2v) is 7.89. The van der Waals surface area contributed by atoms with Crippen LogP contribution in [0.15, 0.2) is 23.2 Å². The molecule has 2 N–H and O–H groups in total. The van der Waals surface area contributed by atoms with Crippen molar-refractivity contribution in [1.82, 2.24) is 15.5 Å². The van der Waals surface area contributed by atoms with Gasteiger partial charge in [0.2, 0.25) is 0 Å². The molecular weight excluding hydrogens is 513 g/mol. The van der Waals surface area contributed by atoms with Crippen LogP contribution in [0.3, 0.4) is 0 Å². The highest BCUT2D eigenvalue weighted by Gasteiger charge is 2.27. The molecule has 0 aromatic heterocycles. The van der Waals surface area contributed by atoms with E-state index < -0.39 is 6.61 Å². The summed E-state index contributed by atoms with van der Waals surface area (Å²) in [5.41, 5.74) is 0.562. The summed E-state index contributed by atoms with van der Waals surface area (Å²) in [4.78, 5) is 6.89. The molecule has 29 heavy (non-hydrogen) atoms. The molecule has 0 spiro atoms. The summed E-state index contributed by atoms with van der Waals surface area (Å²) < 4.78 is 29.8. The van der Waals surface area contributed by atoms with Crippen LogP contribution in [0, 0.1) is 0 Å². The molecule has 1 saturated heterocycles. The molecule has 2 aliphatic rings. The van der Waals surface area contributed by atoms with E-state index in [0.717, 1.165) is 32.0 Å². The van der Waals surface area contributed by atoms with E-state index in [1.165, 1.54) is 37.8 Å². The lowest BCUT2D eigenvalue weighted by Crippen LogP contribution is -2.50. The van der Waals surface area contributed by atoms with Crippen molar-refractivity contribution in [3.63, 3.8) is 0 Å². The fraction of sp³-hybridized carbons (Fsp3) is 0.650. The van der Waals surface area contributed by atoms with Crippen LogP contribution >= 0.6 is 35.6 Å². The van der Waals surface area contributed by atoms with Crippen molar-refractivity contribution < 1.29 is 13.5 Å². The minimum Gasteiger partial charge on any atom is -0.434 e. The summed E-state index contributed by atoms with van der Waals surface area (Å²) in [6.07, 6.45) is 7.55. The van der Waals surface area contributed by atoms with E-state index in [-0.39, 0.29) is 29.7 Å². The molecule has 1 aromatic carbocycles. The lowest BCUT2D eigenvalue weighted by molar-refractivity contribution is -0.0504. The molecule has 2 fully saturated rings. The van der Waals surface area contributed by atoms with Gasteiger partial charge in [-0.2, -0.15) is 8.78 Å². The van der Waals surface area contributed by atoms with Gasteiger partial charge in [-0.3, -0.25) is 4.99 Å². The normalized spacial score (nSPS) is 19.3. The molecule has 9 heteroatoms. The van der Waals surface area contributed by atoms with Crippen molar-refractivity contribution in [1.29, 1.82) is 0 Å². The first-order valence-electron chi connectivity index (χ1n) is 9.99. The van der Waals surface area contributed by atoms with Gasteiger partial charge in [-0.05, 0) is 43.9 Å². The summed E-state index contributed by atoms with van der Waals surface area (Å²) in [7, 11) is 1.71. The van der Waals surface area contributed by atoms with Crippen molar-refractivity contribution in [2.45, 2.75) is 63.8 Å². The standard InChI is InChI=1S/C20H29ClF2N4O.HI/c1-24-20(25-13-14-12-15(21)6-7-18(14)28-19(22)23)26-16-8-10-27(11-9-16)17-4-2-3-5-17;/h6-7,12,16-17,19H,2-5,8-11,13H2,1H3,(H2,24,25,26);1H. The molecule has 0 unspecified atom stereocenters. The Morgan fingerprint density at radius 2 is 1.93 bits per heavy atom.